The average molecular weight is 426 g/mol. The lowest BCUT2D eigenvalue weighted by Crippen LogP contribution is -2.49. The van der Waals surface area contributed by atoms with E-state index >= 15 is 0 Å². The van der Waals surface area contributed by atoms with Crippen LogP contribution in [-0.2, 0) is 9.59 Å². The van der Waals surface area contributed by atoms with E-state index in [1.165, 1.54) is 0 Å². The molecule has 0 aliphatic carbocycles. The maximum Gasteiger partial charge on any atom is 0.320 e. The number of carboxylic acid groups (broad SMARTS) is 1. The lowest BCUT2D eigenvalue weighted by molar-refractivity contribution is -0.139. The Morgan fingerprint density at radius 2 is 1.96 bits per heavy atom. The maximum absolute atomic E-state index is 11.6. The predicted octanol–water partition coefficient (Wildman–Crippen LogP) is 3.20. The molecule has 0 aromatic heterocycles. The molecule has 1 fully saturated rings. The Hall–Kier alpha value is -0.820. The van der Waals surface area contributed by atoms with Gasteiger partial charge in [0.15, 0.2) is 0 Å². The fraction of sp³-hybridized carbons (Fsp3) is 0.789. The van der Waals surface area contributed by atoms with Crippen molar-refractivity contribution in [2.75, 3.05) is 13.1 Å². The molecule has 8 heteroatoms. The van der Waals surface area contributed by atoms with Crippen molar-refractivity contribution in [2.45, 2.75) is 77.5 Å². The molecule has 1 amide bonds. The molecule has 1 unspecified atom stereocenters. The molecule has 1 rings (SSSR count). The van der Waals surface area contributed by atoms with E-state index in [4.69, 9.17) is 0 Å². The van der Waals surface area contributed by atoms with Crippen LogP contribution in [0.2, 0.25) is 0 Å². The summed E-state index contributed by atoms with van der Waals surface area (Å²) in [5, 5.41) is 15.5. The highest BCUT2D eigenvalue weighted by molar-refractivity contribution is 5.85. The van der Waals surface area contributed by atoms with Crippen LogP contribution in [0, 0.1) is 5.92 Å². The van der Waals surface area contributed by atoms with Crippen LogP contribution in [0.1, 0.15) is 59.3 Å². The predicted molar refractivity (Wildman–Crippen MR) is 115 cm³/mol. The fourth-order valence-corrected chi connectivity index (χ4v) is 3.56. The van der Waals surface area contributed by atoms with Crippen molar-refractivity contribution < 1.29 is 14.7 Å². The van der Waals surface area contributed by atoms with E-state index in [0.717, 1.165) is 45.2 Å². The zero-order valence-electron chi connectivity index (χ0n) is 16.8. The molecule has 6 nitrogen and oxygen atoms in total. The van der Waals surface area contributed by atoms with Gasteiger partial charge in [-0.2, -0.15) is 0 Å². The lowest BCUT2D eigenvalue weighted by atomic mass is 9.96. The van der Waals surface area contributed by atoms with Crippen LogP contribution in [-0.4, -0.2) is 53.2 Å². The molecule has 1 heterocycles. The zero-order chi connectivity index (χ0) is 18.8. The van der Waals surface area contributed by atoms with Crippen LogP contribution in [0.25, 0.3) is 0 Å². The second-order valence-corrected chi connectivity index (χ2v) is 6.98. The van der Waals surface area contributed by atoms with E-state index in [0.29, 0.717) is 6.42 Å². The molecule has 27 heavy (non-hydrogen) atoms. The number of aliphatic carboxylic acids is 1. The van der Waals surface area contributed by atoms with Crippen LogP contribution in [0.3, 0.4) is 0 Å². The second-order valence-electron chi connectivity index (χ2n) is 6.98. The third-order valence-corrected chi connectivity index (χ3v) is 4.94. The molecular weight excluding hydrogens is 389 g/mol. The van der Waals surface area contributed by atoms with Gasteiger partial charge in [-0.3, -0.25) is 14.5 Å². The van der Waals surface area contributed by atoms with Crippen LogP contribution in [0.4, 0.5) is 0 Å². The third-order valence-electron chi connectivity index (χ3n) is 4.94. The highest BCUT2D eigenvalue weighted by Crippen LogP contribution is 2.24. The van der Waals surface area contributed by atoms with Crippen molar-refractivity contribution in [3.05, 3.63) is 12.7 Å². The monoisotopic (exact) mass is 425 g/mol. The van der Waals surface area contributed by atoms with Crippen LogP contribution in [0.5, 0.6) is 0 Å². The number of carbonyl (C=O) groups excluding carboxylic acids is 1. The van der Waals surface area contributed by atoms with Gasteiger partial charge in [-0.05, 0) is 31.6 Å². The summed E-state index contributed by atoms with van der Waals surface area (Å²) in [5.41, 5.74) is 0. The number of amides is 1. The standard InChI is InChI=1S/C19H35N3O3.2ClH/c1-5-8-11-22(18(9-6-2)20-14(4)23)12-10-16-15(7-3)13-17(21-16)19(24)25;;/h7,15-18,21H,3,5-6,8-13H2,1-2,4H3,(H,20,23)(H,24,25);2*1H/t15-,16-,17-,18?;;/m1../s1. The normalized spacial score (nSPS) is 22.4. The van der Waals surface area contributed by atoms with E-state index in [2.05, 4.69) is 36.0 Å². The van der Waals surface area contributed by atoms with Gasteiger partial charge in [0.25, 0.3) is 0 Å². The van der Waals surface area contributed by atoms with Crippen molar-refractivity contribution in [3.63, 3.8) is 0 Å². The van der Waals surface area contributed by atoms with Crippen molar-refractivity contribution in [2.24, 2.45) is 5.92 Å². The Morgan fingerprint density at radius 3 is 2.44 bits per heavy atom. The molecule has 0 radical (unpaired) electrons. The summed E-state index contributed by atoms with van der Waals surface area (Å²) in [6.45, 7) is 11.5. The van der Waals surface area contributed by atoms with Crippen molar-refractivity contribution in [1.82, 2.24) is 15.5 Å². The smallest absolute Gasteiger partial charge is 0.320 e. The van der Waals surface area contributed by atoms with Crippen molar-refractivity contribution in [1.29, 1.82) is 0 Å². The Kier molecular flexibility index (Phi) is 15.9. The van der Waals surface area contributed by atoms with Crippen molar-refractivity contribution in [3.8, 4) is 0 Å². The molecule has 1 saturated heterocycles. The van der Waals surface area contributed by atoms with Crippen LogP contribution < -0.4 is 10.6 Å². The molecule has 1 aliphatic rings. The number of halogens is 2. The van der Waals surface area contributed by atoms with E-state index in [-0.39, 0.29) is 48.8 Å². The van der Waals surface area contributed by atoms with Gasteiger partial charge in [0.1, 0.15) is 6.04 Å². The number of hydrogen-bond acceptors (Lipinski definition) is 4. The number of nitrogens with one attached hydrogen (secondary N) is 2. The third kappa shape index (κ3) is 9.79. The first-order chi connectivity index (χ1) is 11.9. The number of carboxylic acids is 1. The number of rotatable bonds is 12. The van der Waals surface area contributed by atoms with E-state index in [9.17, 15) is 14.7 Å². The Labute approximate surface area is 176 Å². The second kappa shape index (κ2) is 15.1. The molecule has 160 valence electrons. The molecule has 0 spiro atoms. The quantitative estimate of drug-likeness (QED) is 0.330. The first-order valence-corrected chi connectivity index (χ1v) is 9.55. The summed E-state index contributed by atoms with van der Waals surface area (Å²) < 4.78 is 0. The minimum absolute atomic E-state index is 0. The molecule has 0 aromatic carbocycles. The minimum Gasteiger partial charge on any atom is -0.480 e. The maximum atomic E-state index is 11.6. The summed E-state index contributed by atoms with van der Waals surface area (Å²) in [6, 6.07) is -0.360. The van der Waals surface area contributed by atoms with Gasteiger partial charge in [-0.25, -0.2) is 0 Å². The zero-order valence-corrected chi connectivity index (χ0v) is 18.4. The minimum atomic E-state index is -0.792. The van der Waals surface area contributed by atoms with E-state index in [1.807, 2.05) is 6.08 Å². The van der Waals surface area contributed by atoms with Gasteiger partial charge < -0.3 is 15.7 Å². The largest absolute Gasteiger partial charge is 0.480 e. The van der Waals surface area contributed by atoms with Gasteiger partial charge in [0.05, 0.1) is 6.17 Å². The van der Waals surface area contributed by atoms with E-state index < -0.39 is 12.0 Å². The van der Waals surface area contributed by atoms with Crippen LogP contribution in [0.15, 0.2) is 12.7 Å². The molecular formula is C19H37Cl2N3O3. The summed E-state index contributed by atoms with van der Waals surface area (Å²) >= 11 is 0. The molecule has 1 aliphatic heterocycles. The van der Waals surface area contributed by atoms with Gasteiger partial charge in [0.2, 0.25) is 5.91 Å². The van der Waals surface area contributed by atoms with Gasteiger partial charge >= 0.3 is 5.97 Å². The lowest BCUT2D eigenvalue weighted by Gasteiger charge is -2.33. The summed E-state index contributed by atoms with van der Waals surface area (Å²) in [6.07, 6.45) is 7.48. The molecule has 0 aromatic rings. The number of unbranched alkanes of at least 4 members (excludes halogenated alkanes) is 1. The number of hydrogen-bond donors (Lipinski definition) is 3. The highest BCUT2D eigenvalue weighted by Gasteiger charge is 2.35. The van der Waals surface area contributed by atoms with Crippen LogP contribution >= 0.6 is 24.8 Å². The van der Waals surface area contributed by atoms with Gasteiger partial charge in [0, 0.05) is 26.1 Å². The fourth-order valence-electron chi connectivity index (χ4n) is 3.56. The van der Waals surface area contributed by atoms with Crippen molar-refractivity contribution >= 4 is 36.7 Å². The topological polar surface area (TPSA) is 81.7 Å². The van der Waals surface area contributed by atoms with Gasteiger partial charge in [-0.1, -0.05) is 32.8 Å². The Bertz CT molecular complexity index is 452. The average Bonchev–Trinajstić information content (AvgIpc) is 2.98. The first-order valence-electron chi connectivity index (χ1n) is 9.55. The van der Waals surface area contributed by atoms with E-state index in [1.54, 1.807) is 6.92 Å². The molecule has 4 atom stereocenters. The van der Waals surface area contributed by atoms with Gasteiger partial charge in [-0.15, -0.1) is 31.4 Å². The summed E-state index contributed by atoms with van der Waals surface area (Å²) in [5.74, 6) is -0.618. The number of carbonyl (C=O) groups is 2. The highest BCUT2D eigenvalue weighted by atomic mass is 35.5. The molecule has 0 saturated carbocycles. The first kappa shape index (κ1) is 28.4. The SMILES string of the molecule is C=C[C@@H]1C[C@H](C(=O)O)N[C@@H]1CCN(CCCC)C(CCC)NC(C)=O.Cl.Cl. The Balaban J connectivity index is 0. The summed E-state index contributed by atoms with van der Waals surface area (Å²) in [4.78, 5) is 25.1. The summed E-state index contributed by atoms with van der Waals surface area (Å²) in [7, 11) is 0. The Morgan fingerprint density at radius 1 is 1.30 bits per heavy atom. The number of nitrogens with zero attached hydrogens (tertiary/aromatic N) is 1. The molecule has 0 bridgehead atoms. The molecule has 3 N–H and O–H groups in total.